The van der Waals surface area contributed by atoms with Gasteiger partial charge in [-0.25, -0.2) is 4.79 Å². The van der Waals surface area contributed by atoms with Crippen molar-refractivity contribution in [1.29, 1.82) is 0 Å². The average molecular weight is 262 g/mol. The Morgan fingerprint density at radius 1 is 1.26 bits per heavy atom. The number of carboxylic acid groups (broad SMARTS) is 1. The van der Waals surface area contributed by atoms with Gasteiger partial charge in [-0.05, 0) is 24.3 Å². The first-order valence-electron chi connectivity index (χ1n) is 6.24. The highest BCUT2D eigenvalue weighted by Gasteiger charge is 2.16. The van der Waals surface area contributed by atoms with E-state index < -0.39 is 5.97 Å². The predicted molar refractivity (Wildman–Crippen MR) is 67.6 cm³/mol. The van der Waals surface area contributed by atoms with Crippen LogP contribution >= 0.6 is 0 Å². The maximum Gasteiger partial charge on any atom is 0.371 e. The van der Waals surface area contributed by atoms with Crippen LogP contribution in [0.15, 0.2) is 28.7 Å². The minimum absolute atomic E-state index is 0.0572. The molecule has 2 aromatic rings. The molecule has 0 aliphatic carbocycles. The third-order valence-electron chi connectivity index (χ3n) is 3.17. The molecule has 0 bridgehead atoms. The van der Waals surface area contributed by atoms with E-state index in [1.54, 1.807) is 18.2 Å². The summed E-state index contributed by atoms with van der Waals surface area (Å²) in [5, 5.41) is 9.62. The number of hydrogen-bond acceptors (Lipinski definition) is 4. The number of rotatable bonds is 3. The van der Waals surface area contributed by atoms with Crippen LogP contribution in [0.4, 0.5) is 0 Å². The second-order valence-electron chi connectivity index (χ2n) is 4.55. The number of furan rings is 1. The van der Waals surface area contributed by atoms with Crippen LogP contribution in [0.25, 0.3) is 11.0 Å². The molecule has 3 rings (SSSR count). The summed E-state index contributed by atoms with van der Waals surface area (Å²) in [6, 6.07) is 6.85. The molecule has 1 saturated heterocycles. The minimum atomic E-state index is -1.07. The molecule has 1 aliphatic heterocycles. The van der Waals surface area contributed by atoms with E-state index in [2.05, 4.69) is 0 Å². The van der Waals surface area contributed by atoms with Gasteiger partial charge in [-0.1, -0.05) is 0 Å². The second-order valence-corrected chi connectivity index (χ2v) is 4.55. The molecule has 0 atom stereocenters. The van der Waals surface area contributed by atoms with E-state index in [1.807, 2.05) is 0 Å². The first kappa shape index (κ1) is 12.0. The highest BCUT2D eigenvalue weighted by molar-refractivity contribution is 5.91. The van der Waals surface area contributed by atoms with Crippen LogP contribution < -0.4 is 4.74 Å². The maximum absolute atomic E-state index is 10.8. The SMILES string of the molecule is O=C(O)c1cc2cc(OC3CCOCC3)ccc2o1. The summed E-state index contributed by atoms with van der Waals surface area (Å²) in [6.07, 6.45) is 1.92. The Morgan fingerprint density at radius 2 is 2.05 bits per heavy atom. The van der Waals surface area contributed by atoms with Crippen molar-refractivity contribution in [2.45, 2.75) is 18.9 Å². The van der Waals surface area contributed by atoms with Gasteiger partial charge in [-0.2, -0.15) is 0 Å². The Kier molecular flexibility index (Phi) is 3.13. The fourth-order valence-electron chi connectivity index (χ4n) is 2.19. The Bertz CT molecular complexity index is 595. The van der Waals surface area contributed by atoms with Crippen LogP contribution in [-0.4, -0.2) is 30.4 Å². The molecule has 1 N–H and O–H groups in total. The molecule has 1 aromatic heterocycles. The molecule has 0 spiro atoms. The van der Waals surface area contributed by atoms with Gasteiger partial charge in [-0.15, -0.1) is 0 Å². The number of benzene rings is 1. The lowest BCUT2D eigenvalue weighted by atomic mass is 10.1. The topological polar surface area (TPSA) is 68.9 Å². The van der Waals surface area contributed by atoms with Crippen molar-refractivity contribution in [3.05, 3.63) is 30.0 Å². The summed E-state index contributed by atoms with van der Waals surface area (Å²) in [7, 11) is 0. The van der Waals surface area contributed by atoms with E-state index in [9.17, 15) is 4.79 Å². The standard InChI is InChI=1S/C14H14O5/c15-14(16)13-8-9-7-11(1-2-12(9)19-13)18-10-3-5-17-6-4-10/h1-2,7-8,10H,3-6H2,(H,15,16). The summed E-state index contributed by atoms with van der Waals surface area (Å²) in [6.45, 7) is 1.45. The van der Waals surface area contributed by atoms with Crippen LogP contribution in [0, 0.1) is 0 Å². The van der Waals surface area contributed by atoms with Gasteiger partial charge < -0.3 is 19.0 Å². The molecule has 100 valence electrons. The zero-order valence-corrected chi connectivity index (χ0v) is 10.3. The lowest BCUT2D eigenvalue weighted by Gasteiger charge is -2.23. The molecule has 0 saturated carbocycles. The number of carboxylic acids is 1. The quantitative estimate of drug-likeness (QED) is 0.921. The van der Waals surface area contributed by atoms with Crippen LogP contribution in [0.1, 0.15) is 23.4 Å². The van der Waals surface area contributed by atoms with Crippen LogP contribution in [-0.2, 0) is 4.74 Å². The molecule has 5 heteroatoms. The van der Waals surface area contributed by atoms with E-state index in [-0.39, 0.29) is 11.9 Å². The van der Waals surface area contributed by atoms with Crippen LogP contribution in [0.3, 0.4) is 0 Å². The van der Waals surface area contributed by atoms with Crippen LogP contribution in [0.2, 0.25) is 0 Å². The van der Waals surface area contributed by atoms with Gasteiger partial charge in [0.25, 0.3) is 0 Å². The van der Waals surface area contributed by atoms with E-state index in [4.69, 9.17) is 19.0 Å². The van der Waals surface area contributed by atoms with Crippen molar-refractivity contribution in [3.63, 3.8) is 0 Å². The zero-order valence-electron chi connectivity index (χ0n) is 10.3. The molecule has 1 aromatic carbocycles. The minimum Gasteiger partial charge on any atom is -0.490 e. The molecule has 1 aliphatic rings. The predicted octanol–water partition coefficient (Wildman–Crippen LogP) is 2.69. The Balaban J connectivity index is 1.82. The number of carbonyl (C=O) groups is 1. The van der Waals surface area contributed by atoms with Crippen molar-refractivity contribution in [1.82, 2.24) is 0 Å². The molecule has 2 heterocycles. The first-order valence-corrected chi connectivity index (χ1v) is 6.24. The largest absolute Gasteiger partial charge is 0.490 e. The third-order valence-corrected chi connectivity index (χ3v) is 3.17. The monoisotopic (exact) mass is 262 g/mol. The Labute approximate surface area is 109 Å². The van der Waals surface area contributed by atoms with Crippen LogP contribution in [0.5, 0.6) is 5.75 Å². The highest BCUT2D eigenvalue weighted by atomic mass is 16.5. The molecule has 1 fully saturated rings. The van der Waals surface area contributed by atoms with Gasteiger partial charge in [0, 0.05) is 18.2 Å². The number of ether oxygens (including phenoxy) is 2. The highest BCUT2D eigenvalue weighted by Crippen LogP contribution is 2.26. The summed E-state index contributed by atoms with van der Waals surface area (Å²) < 4.78 is 16.3. The van der Waals surface area contributed by atoms with Gasteiger partial charge in [0.1, 0.15) is 17.4 Å². The maximum atomic E-state index is 10.8. The number of hydrogen-bond donors (Lipinski definition) is 1. The fourth-order valence-corrected chi connectivity index (χ4v) is 2.19. The van der Waals surface area contributed by atoms with Gasteiger partial charge >= 0.3 is 5.97 Å². The molecule has 0 amide bonds. The van der Waals surface area contributed by atoms with Gasteiger partial charge in [0.2, 0.25) is 5.76 Å². The smallest absolute Gasteiger partial charge is 0.371 e. The third kappa shape index (κ3) is 2.56. The number of aromatic carboxylic acids is 1. The molecule has 0 radical (unpaired) electrons. The number of fused-ring (bicyclic) bond motifs is 1. The molecule has 19 heavy (non-hydrogen) atoms. The lowest BCUT2D eigenvalue weighted by Crippen LogP contribution is -2.25. The molecule has 0 unspecified atom stereocenters. The van der Waals surface area contributed by atoms with Crippen molar-refractivity contribution < 1.29 is 23.8 Å². The summed E-state index contributed by atoms with van der Waals surface area (Å²) in [4.78, 5) is 10.8. The van der Waals surface area contributed by atoms with Crippen molar-refractivity contribution in [3.8, 4) is 5.75 Å². The van der Waals surface area contributed by atoms with Crippen molar-refractivity contribution in [2.24, 2.45) is 0 Å². The average Bonchev–Trinajstić information content (AvgIpc) is 2.83. The molecular formula is C14H14O5. The normalized spacial score (nSPS) is 16.6. The fraction of sp³-hybridized carbons (Fsp3) is 0.357. The van der Waals surface area contributed by atoms with E-state index in [0.29, 0.717) is 5.58 Å². The Hall–Kier alpha value is -2.01. The van der Waals surface area contributed by atoms with E-state index >= 15 is 0 Å². The van der Waals surface area contributed by atoms with Gasteiger partial charge in [0.05, 0.1) is 13.2 Å². The molecule has 5 nitrogen and oxygen atoms in total. The van der Waals surface area contributed by atoms with Gasteiger partial charge in [0.15, 0.2) is 0 Å². The first-order chi connectivity index (χ1) is 9.22. The van der Waals surface area contributed by atoms with Gasteiger partial charge in [-0.3, -0.25) is 0 Å². The summed E-state index contributed by atoms with van der Waals surface area (Å²) >= 11 is 0. The lowest BCUT2D eigenvalue weighted by molar-refractivity contribution is 0.0256. The van der Waals surface area contributed by atoms with E-state index in [1.165, 1.54) is 6.07 Å². The van der Waals surface area contributed by atoms with E-state index in [0.717, 1.165) is 37.2 Å². The zero-order chi connectivity index (χ0) is 13.2. The second kappa shape index (κ2) is 4.93. The summed E-state index contributed by atoms with van der Waals surface area (Å²) in [5.41, 5.74) is 0.553. The summed E-state index contributed by atoms with van der Waals surface area (Å²) in [5.74, 6) is -0.390. The van der Waals surface area contributed by atoms with Crippen molar-refractivity contribution >= 4 is 16.9 Å². The van der Waals surface area contributed by atoms with Crippen molar-refractivity contribution in [2.75, 3.05) is 13.2 Å². The molecular weight excluding hydrogens is 248 g/mol. The Morgan fingerprint density at radius 3 is 2.79 bits per heavy atom.